The second-order valence-electron chi connectivity index (χ2n) is 3.89. The molecule has 1 aromatic rings. The molecule has 3 nitrogen and oxygen atoms in total. The first-order valence-corrected chi connectivity index (χ1v) is 5.30. The van der Waals surface area contributed by atoms with Crippen LogP contribution in [0.3, 0.4) is 0 Å². The number of hydrogen-bond donors (Lipinski definition) is 0. The minimum absolute atomic E-state index is 0.0159. The molecule has 0 aliphatic carbocycles. The van der Waals surface area contributed by atoms with Gasteiger partial charge in [0.25, 0.3) is 0 Å². The highest BCUT2D eigenvalue weighted by Gasteiger charge is 2.08. The number of nitrogens with zero attached hydrogens (tertiary/aromatic N) is 2. The molecule has 0 fully saturated rings. The van der Waals surface area contributed by atoms with E-state index in [1.54, 1.807) is 11.9 Å². The van der Waals surface area contributed by atoms with Crippen molar-refractivity contribution in [1.29, 1.82) is 5.26 Å². The molecule has 0 aliphatic rings. The van der Waals surface area contributed by atoms with Gasteiger partial charge >= 0.3 is 0 Å². The molecule has 0 bridgehead atoms. The van der Waals surface area contributed by atoms with E-state index in [1.165, 1.54) is 5.56 Å². The smallest absolute Gasteiger partial charge is 0.223 e. The van der Waals surface area contributed by atoms with E-state index in [0.717, 1.165) is 5.56 Å². The summed E-state index contributed by atoms with van der Waals surface area (Å²) in [6.07, 6.45) is 0.593. The molecule has 0 N–H and O–H groups in total. The van der Waals surface area contributed by atoms with Gasteiger partial charge in [-0.15, -0.1) is 0 Å². The molecule has 3 heteroatoms. The fourth-order valence-electron chi connectivity index (χ4n) is 1.41. The second-order valence-corrected chi connectivity index (χ2v) is 3.89. The maximum atomic E-state index is 11.5. The summed E-state index contributed by atoms with van der Waals surface area (Å²) in [5, 5.41) is 8.40. The molecule has 1 amide bonds. The van der Waals surface area contributed by atoms with Crippen LogP contribution >= 0.6 is 0 Å². The summed E-state index contributed by atoms with van der Waals surface area (Å²) in [6.45, 7) is 2.64. The Balaban J connectivity index is 2.51. The average Bonchev–Trinajstić information content (AvgIpc) is 2.29. The summed E-state index contributed by atoms with van der Waals surface area (Å²) in [7, 11) is 1.76. The molecule has 0 saturated carbocycles. The Hall–Kier alpha value is -1.82. The number of amides is 1. The van der Waals surface area contributed by atoms with Crippen molar-refractivity contribution < 1.29 is 4.79 Å². The lowest BCUT2D eigenvalue weighted by Gasteiger charge is -2.16. The van der Waals surface area contributed by atoms with Crippen LogP contribution in [0.1, 0.15) is 24.0 Å². The molecule has 84 valence electrons. The molecule has 0 spiro atoms. The molecule has 0 radical (unpaired) electrons. The zero-order valence-electron chi connectivity index (χ0n) is 9.73. The molecule has 0 saturated heterocycles. The lowest BCUT2D eigenvalue weighted by molar-refractivity contribution is -0.130. The minimum atomic E-state index is 0.0159. The normalized spacial score (nSPS) is 9.56. The Bertz CT molecular complexity index is 389. The van der Waals surface area contributed by atoms with E-state index >= 15 is 0 Å². The predicted molar refractivity (Wildman–Crippen MR) is 62.5 cm³/mol. The van der Waals surface area contributed by atoms with E-state index in [9.17, 15) is 4.79 Å². The fourth-order valence-corrected chi connectivity index (χ4v) is 1.41. The third-order valence-electron chi connectivity index (χ3n) is 2.42. The van der Waals surface area contributed by atoms with Gasteiger partial charge in [-0.25, -0.2) is 0 Å². The van der Waals surface area contributed by atoms with E-state index in [2.05, 4.69) is 0 Å². The van der Waals surface area contributed by atoms with Gasteiger partial charge in [-0.1, -0.05) is 29.8 Å². The van der Waals surface area contributed by atoms with E-state index in [4.69, 9.17) is 5.26 Å². The molecule has 1 aromatic carbocycles. The SMILES string of the molecule is Cc1ccc(CN(C)C(=O)CCC#N)cc1. The topological polar surface area (TPSA) is 44.1 Å². The van der Waals surface area contributed by atoms with Gasteiger partial charge in [-0.05, 0) is 12.5 Å². The van der Waals surface area contributed by atoms with Crippen LogP contribution < -0.4 is 0 Å². The van der Waals surface area contributed by atoms with Crippen molar-refractivity contribution >= 4 is 5.91 Å². The molecule has 0 aliphatic heterocycles. The molecule has 0 aromatic heterocycles. The van der Waals surface area contributed by atoms with Gasteiger partial charge < -0.3 is 4.90 Å². The minimum Gasteiger partial charge on any atom is -0.341 e. The number of aryl methyl sites for hydroxylation is 1. The summed E-state index contributed by atoms with van der Waals surface area (Å²) < 4.78 is 0. The standard InChI is InChI=1S/C13H16N2O/c1-11-5-7-12(8-6-11)10-15(2)13(16)4-3-9-14/h5-8H,3-4,10H2,1-2H3. The highest BCUT2D eigenvalue weighted by molar-refractivity contribution is 5.76. The molecule has 0 heterocycles. The zero-order chi connectivity index (χ0) is 12.0. The number of carbonyl (C=O) groups excluding carboxylic acids is 1. The number of nitriles is 1. The monoisotopic (exact) mass is 216 g/mol. The summed E-state index contributed by atoms with van der Waals surface area (Å²) in [6, 6.07) is 10.1. The Morgan fingerprint density at radius 1 is 1.38 bits per heavy atom. The molecule has 16 heavy (non-hydrogen) atoms. The highest BCUT2D eigenvalue weighted by Crippen LogP contribution is 2.07. The van der Waals surface area contributed by atoms with Crippen LogP contribution in [0.5, 0.6) is 0 Å². The van der Waals surface area contributed by atoms with Crippen molar-refractivity contribution in [2.24, 2.45) is 0 Å². The molecule has 1 rings (SSSR count). The van der Waals surface area contributed by atoms with Crippen molar-refractivity contribution in [1.82, 2.24) is 4.90 Å². The Morgan fingerprint density at radius 2 is 2.00 bits per heavy atom. The molecular weight excluding hydrogens is 200 g/mol. The molecule has 0 unspecified atom stereocenters. The van der Waals surface area contributed by atoms with Gasteiger partial charge in [-0.3, -0.25) is 4.79 Å². The second kappa shape index (κ2) is 5.92. The van der Waals surface area contributed by atoms with Crippen LogP contribution in [0.15, 0.2) is 24.3 Å². The average molecular weight is 216 g/mol. The Labute approximate surface area is 96.3 Å². The first-order chi connectivity index (χ1) is 7.63. The quantitative estimate of drug-likeness (QED) is 0.774. The largest absolute Gasteiger partial charge is 0.341 e. The molecular formula is C13H16N2O. The van der Waals surface area contributed by atoms with Crippen molar-refractivity contribution in [2.45, 2.75) is 26.3 Å². The van der Waals surface area contributed by atoms with E-state index < -0.39 is 0 Å². The van der Waals surface area contributed by atoms with Gasteiger partial charge in [0.1, 0.15) is 0 Å². The van der Waals surface area contributed by atoms with Crippen molar-refractivity contribution in [3.05, 3.63) is 35.4 Å². The van der Waals surface area contributed by atoms with Crippen LogP contribution in [0, 0.1) is 18.3 Å². The number of benzene rings is 1. The maximum Gasteiger partial charge on any atom is 0.223 e. The zero-order valence-corrected chi connectivity index (χ0v) is 9.73. The summed E-state index contributed by atoms with van der Waals surface area (Å²) in [5.74, 6) is 0.0159. The van der Waals surface area contributed by atoms with Crippen molar-refractivity contribution in [2.75, 3.05) is 7.05 Å². The van der Waals surface area contributed by atoms with Gasteiger partial charge in [0.05, 0.1) is 6.07 Å². The first kappa shape index (κ1) is 12.3. The van der Waals surface area contributed by atoms with E-state index in [0.29, 0.717) is 13.0 Å². The number of hydrogen-bond acceptors (Lipinski definition) is 2. The maximum absolute atomic E-state index is 11.5. The number of carbonyl (C=O) groups is 1. The van der Waals surface area contributed by atoms with Crippen LogP contribution in [0.2, 0.25) is 0 Å². The Morgan fingerprint density at radius 3 is 2.56 bits per heavy atom. The van der Waals surface area contributed by atoms with E-state index in [-0.39, 0.29) is 12.3 Å². The lowest BCUT2D eigenvalue weighted by Crippen LogP contribution is -2.25. The summed E-state index contributed by atoms with van der Waals surface area (Å²) >= 11 is 0. The third-order valence-corrected chi connectivity index (χ3v) is 2.42. The summed E-state index contributed by atoms with van der Waals surface area (Å²) in [5.41, 5.74) is 2.32. The van der Waals surface area contributed by atoms with Crippen LogP contribution in [0.4, 0.5) is 0 Å². The number of rotatable bonds is 4. The van der Waals surface area contributed by atoms with E-state index in [1.807, 2.05) is 37.3 Å². The fraction of sp³-hybridized carbons (Fsp3) is 0.385. The van der Waals surface area contributed by atoms with Gasteiger partial charge in [0.15, 0.2) is 0 Å². The summed E-state index contributed by atoms with van der Waals surface area (Å²) in [4.78, 5) is 13.2. The van der Waals surface area contributed by atoms with Crippen LogP contribution in [-0.4, -0.2) is 17.9 Å². The Kier molecular flexibility index (Phi) is 4.53. The third kappa shape index (κ3) is 3.74. The van der Waals surface area contributed by atoms with Crippen LogP contribution in [-0.2, 0) is 11.3 Å². The first-order valence-electron chi connectivity index (χ1n) is 5.30. The lowest BCUT2D eigenvalue weighted by atomic mass is 10.1. The van der Waals surface area contributed by atoms with Gasteiger partial charge in [0.2, 0.25) is 5.91 Å². The van der Waals surface area contributed by atoms with Crippen LogP contribution in [0.25, 0.3) is 0 Å². The van der Waals surface area contributed by atoms with Crippen molar-refractivity contribution in [3.8, 4) is 6.07 Å². The van der Waals surface area contributed by atoms with Gasteiger partial charge in [-0.2, -0.15) is 5.26 Å². The predicted octanol–water partition coefficient (Wildman–Crippen LogP) is 2.26. The van der Waals surface area contributed by atoms with Gasteiger partial charge in [0, 0.05) is 26.4 Å². The molecule has 0 atom stereocenters. The van der Waals surface area contributed by atoms with Crippen molar-refractivity contribution in [3.63, 3.8) is 0 Å². The highest BCUT2D eigenvalue weighted by atomic mass is 16.2.